The Hall–Kier alpha value is -3.50. The van der Waals surface area contributed by atoms with E-state index in [-0.39, 0.29) is 5.91 Å². The molecule has 0 saturated heterocycles. The van der Waals surface area contributed by atoms with Gasteiger partial charge in [0, 0.05) is 38.9 Å². The minimum Gasteiger partial charge on any atom is -0.496 e. The van der Waals surface area contributed by atoms with Crippen molar-refractivity contribution in [1.82, 2.24) is 0 Å². The van der Waals surface area contributed by atoms with Crippen molar-refractivity contribution in [3.05, 3.63) is 87.6 Å². The van der Waals surface area contributed by atoms with Crippen molar-refractivity contribution in [2.45, 2.75) is 34.6 Å². The minimum absolute atomic E-state index is 0.232. The van der Waals surface area contributed by atoms with Gasteiger partial charge >= 0.3 is 0 Å². The fraction of sp³-hybridized carbons (Fsp3) is 0.207. The maximum atomic E-state index is 12.8. The van der Waals surface area contributed by atoms with Gasteiger partial charge in [0.25, 0.3) is 0 Å². The number of nitrogens with one attached hydrogen (secondary N) is 1. The summed E-state index contributed by atoms with van der Waals surface area (Å²) in [7, 11) is 1.63. The van der Waals surface area contributed by atoms with Gasteiger partial charge in [-0.25, -0.2) is 0 Å². The predicted octanol–water partition coefficient (Wildman–Crippen LogP) is 8.04. The number of carbonyl (C=O) groups is 1. The number of allylic oxidation sites excluding steroid dienone is 1. The Bertz CT molecular complexity index is 1450. The van der Waals surface area contributed by atoms with Gasteiger partial charge in [-0.1, -0.05) is 41.4 Å². The number of aryl methyl sites for hydroxylation is 4. The molecule has 0 saturated carbocycles. The molecule has 34 heavy (non-hydrogen) atoms. The highest BCUT2D eigenvalue weighted by Crippen LogP contribution is 2.41. The molecule has 0 atom stereocenters. The van der Waals surface area contributed by atoms with Crippen molar-refractivity contribution in [2.75, 3.05) is 12.4 Å². The van der Waals surface area contributed by atoms with Gasteiger partial charge < -0.3 is 14.5 Å². The lowest BCUT2D eigenvalue weighted by Crippen LogP contribution is -2.10. The Labute approximate surface area is 205 Å². The van der Waals surface area contributed by atoms with Crippen LogP contribution in [0.3, 0.4) is 0 Å². The molecule has 0 bridgehead atoms. The van der Waals surface area contributed by atoms with Crippen LogP contribution in [-0.4, -0.2) is 13.0 Å². The lowest BCUT2D eigenvalue weighted by atomic mass is 9.94. The molecule has 0 aliphatic carbocycles. The molecule has 1 amide bonds. The van der Waals surface area contributed by atoms with Crippen LogP contribution in [0, 0.1) is 27.7 Å². The van der Waals surface area contributed by atoms with Crippen LogP contribution in [0.5, 0.6) is 5.75 Å². The highest BCUT2D eigenvalue weighted by Gasteiger charge is 2.19. The first-order valence-electron chi connectivity index (χ1n) is 11.1. The lowest BCUT2D eigenvalue weighted by molar-refractivity contribution is -0.111. The summed E-state index contributed by atoms with van der Waals surface area (Å²) in [5.41, 5.74) is 9.47. The molecule has 0 radical (unpaired) electrons. The number of furan rings is 1. The van der Waals surface area contributed by atoms with Crippen molar-refractivity contribution in [2.24, 2.45) is 0 Å². The van der Waals surface area contributed by atoms with E-state index in [4.69, 9.17) is 20.8 Å². The molecule has 0 fully saturated rings. The first kappa shape index (κ1) is 23.7. The summed E-state index contributed by atoms with van der Waals surface area (Å²) in [6.07, 6.45) is 3.38. The van der Waals surface area contributed by atoms with Crippen LogP contribution in [0.1, 0.15) is 34.7 Å². The van der Waals surface area contributed by atoms with E-state index in [2.05, 4.69) is 37.4 Å². The normalized spacial score (nSPS) is 11.7. The van der Waals surface area contributed by atoms with Crippen LogP contribution in [0.2, 0.25) is 5.02 Å². The van der Waals surface area contributed by atoms with E-state index in [9.17, 15) is 4.79 Å². The molecule has 174 valence electrons. The summed E-state index contributed by atoms with van der Waals surface area (Å²) in [5.74, 6) is 0.457. The number of methoxy groups -OCH3 is 1. The topological polar surface area (TPSA) is 51.5 Å². The van der Waals surface area contributed by atoms with Crippen LogP contribution in [0.15, 0.2) is 59.2 Å². The average molecular weight is 474 g/mol. The van der Waals surface area contributed by atoms with Crippen molar-refractivity contribution >= 4 is 39.7 Å². The molecule has 0 unspecified atom stereocenters. The zero-order valence-electron chi connectivity index (χ0n) is 20.3. The summed E-state index contributed by atoms with van der Waals surface area (Å²) in [6, 6.07) is 13.9. The van der Waals surface area contributed by atoms with Crippen LogP contribution in [0.25, 0.3) is 27.7 Å². The molecule has 4 aromatic rings. The maximum absolute atomic E-state index is 12.8. The molecule has 4 rings (SSSR count). The zero-order valence-corrected chi connectivity index (χ0v) is 21.1. The van der Waals surface area contributed by atoms with Crippen LogP contribution < -0.4 is 10.1 Å². The second kappa shape index (κ2) is 9.40. The molecular weight excluding hydrogens is 446 g/mol. The first-order chi connectivity index (χ1) is 16.2. The highest BCUT2D eigenvalue weighted by molar-refractivity contribution is 6.31. The summed E-state index contributed by atoms with van der Waals surface area (Å²) >= 11 is 6.10. The van der Waals surface area contributed by atoms with E-state index < -0.39 is 0 Å². The quantitative estimate of drug-likeness (QED) is 0.298. The fourth-order valence-electron chi connectivity index (χ4n) is 4.37. The van der Waals surface area contributed by atoms with Gasteiger partial charge in [0.15, 0.2) is 0 Å². The third-order valence-electron chi connectivity index (χ3n) is 6.15. The largest absolute Gasteiger partial charge is 0.496 e. The number of halogens is 1. The number of amides is 1. The lowest BCUT2D eigenvalue weighted by Gasteiger charge is -2.14. The average Bonchev–Trinajstić information content (AvgIpc) is 3.20. The van der Waals surface area contributed by atoms with Gasteiger partial charge in [0.1, 0.15) is 11.3 Å². The van der Waals surface area contributed by atoms with E-state index in [0.29, 0.717) is 16.5 Å². The second-order valence-corrected chi connectivity index (χ2v) is 9.14. The summed E-state index contributed by atoms with van der Waals surface area (Å²) in [5, 5.41) is 4.48. The number of benzene rings is 3. The molecule has 0 spiro atoms. The highest BCUT2D eigenvalue weighted by atomic mass is 35.5. The number of rotatable bonds is 5. The van der Waals surface area contributed by atoms with Crippen LogP contribution >= 0.6 is 11.6 Å². The summed E-state index contributed by atoms with van der Waals surface area (Å²) in [6.45, 7) is 10.00. The van der Waals surface area contributed by atoms with E-state index in [1.54, 1.807) is 31.6 Å². The van der Waals surface area contributed by atoms with Crippen molar-refractivity contribution in [3.8, 4) is 16.9 Å². The van der Waals surface area contributed by atoms with Crippen molar-refractivity contribution < 1.29 is 13.9 Å². The molecule has 1 aromatic heterocycles. The van der Waals surface area contributed by atoms with Gasteiger partial charge in [0.2, 0.25) is 5.91 Å². The monoisotopic (exact) mass is 473 g/mol. The number of hydrogen-bond acceptors (Lipinski definition) is 3. The predicted molar refractivity (Wildman–Crippen MR) is 141 cm³/mol. The number of ether oxygens (including phenoxy) is 1. The Balaban J connectivity index is 1.79. The van der Waals surface area contributed by atoms with E-state index >= 15 is 0 Å². The second-order valence-electron chi connectivity index (χ2n) is 8.70. The van der Waals surface area contributed by atoms with Gasteiger partial charge in [-0.3, -0.25) is 4.79 Å². The molecule has 1 heterocycles. The number of carbonyl (C=O) groups excluding carboxylic acids is 1. The first-order valence-corrected chi connectivity index (χ1v) is 11.5. The number of fused-ring (bicyclic) bond motifs is 1. The van der Waals surface area contributed by atoms with Gasteiger partial charge in [0.05, 0.1) is 13.4 Å². The standard InChI is InChI=1S/C29H28ClNO3/c1-16-7-10-22(18(3)11-16)25-15-34-29-20(5)28(33-6)23(14-24(25)29)19(4)12-27(32)31-26-13-21(30)9-8-17(26)2/h7-15H,1-6H3,(H,31,32)/b19-12+. The molecule has 5 heteroatoms. The SMILES string of the molecule is COc1c(/C(C)=C/C(=O)Nc2cc(Cl)ccc2C)cc2c(-c3ccc(C)cc3C)coc2c1C. The van der Waals surface area contributed by atoms with E-state index in [1.807, 2.05) is 32.9 Å². The van der Waals surface area contributed by atoms with Gasteiger partial charge in [-0.05, 0) is 75.1 Å². The Kier molecular flexibility index (Phi) is 6.54. The van der Waals surface area contributed by atoms with E-state index in [0.717, 1.165) is 44.4 Å². The smallest absolute Gasteiger partial charge is 0.248 e. The molecule has 0 aliphatic heterocycles. The number of anilines is 1. The molecule has 3 aromatic carbocycles. The Morgan fingerprint density at radius 3 is 2.47 bits per heavy atom. The molecule has 0 aliphatic rings. The third-order valence-corrected chi connectivity index (χ3v) is 6.39. The van der Waals surface area contributed by atoms with Crippen LogP contribution in [0.4, 0.5) is 5.69 Å². The summed E-state index contributed by atoms with van der Waals surface area (Å²) in [4.78, 5) is 12.8. The maximum Gasteiger partial charge on any atom is 0.248 e. The fourth-order valence-corrected chi connectivity index (χ4v) is 4.54. The molecular formula is C29H28ClNO3. The van der Waals surface area contributed by atoms with Gasteiger partial charge in [-0.2, -0.15) is 0 Å². The minimum atomic E-state index is -0.232. The summed E-state index contributed by atoms with van der Waals surface area (Å²) < 4.78 is 11.7. The van der Waals surface area contributed by atoms with Gasteiger partial charge in [-0.15, -0.1) is 0 Å². The Morgan fingerprint density at radius 2 is 1.76 bits per heavy atom. The van der Waals surface area contributed by atoms with Crippen LogP contribution in [-0.2, 0) is 4.79 Å². The van der Waals surface area contributed by atoms with Crippen molar-refractivity contribution in [1.29, 1.82) is 0 Å². The van der Waals surface area contributed by atoms with Crippen molar-refractivity contribution in [3.63, 3.8) is 0 Å². The number of hydrogen-bond donors (Lipinski definition) is 1. The van der Waals surface area contributed by atoms with E-state index in [1.165, 1.54) is 11.1 Å². The Morgan fingerprint density at radius 1 is 1.00 bits per heavy atom. The zero-order chi connectivity index (χ0) is 24.6. The molecule has 1 N–H and O–H groups in total. The molecule has 4 nitrogen and oxygen atoms in total. The third kappa shape index (κ3) is 4.46.